The minimum absolute atomic E-state index is 0.398. The smallest absolute Gasteiger partial charge is 0.159 e. The summed E-state index contributed by atoms with van der Waals surface area (Å²) in [7, 11) is 0. The monoisotopic (exact) mass is 173 g/mol. The lowest BCUT2D eigenvalue weighted by Crippen LogP contribution is -1.87. The highest BCUT2D eigenvalue weighted by Gasteiger charge is 2.00. The second-order valence-electron chi connectivity index (χ2n) is 2.48. The Labute approximate surface area is 75.1 Å². The van der Waals surface area contributed by atoms with E-state index < -0.39 is 5.82 Å². The van der Waals surface area contributed by atoms with Crippen LogP contribution in [0, 0.1) is 11.9 Å². The van der Waals surface area contributed by atoms with Crippen LogP contribution in [-0.4, -0.2) is 9.97 Å². The zero-order chi connectivity index (χ0) is 9.10. The Hall–Kier alpha value is -1.77. The molecule has 3 heteroatoms. The first-order chi connectivity index (χ1) is 6.36. The van der Waals surface area contributed by atoms with Gasteiger partial charge in [-0.1, -0.05) is 12.1 Å². The van der Waals surface area contributed by atoms with E-state index in [2.05, 4.69) is 16.0 Å². The summed E-state index contributed by atoms with van der Waals surface area (Å²) in [5, 5.41) is 0. The highest BCUT2D eigenvalue weighted by molar-refractivity contribution is 5.53. The highest BCUT2D eigenvalue weighted by atomic mass is 19.1. The average Bonchev–Trinajstić information content (AvgIpc) is 2.19. The molecule has 0 spiro atoms. The molecule has 0 saturated heterocycles. The molecule has 0 aliphatic rings. The van der Waals surface area contributed by atoms with Gasteiger partial charge in [-0.2, -0.15) is 0 Å². The Morgan fingerprint density at radius 2 is 1.85 bits per heavy atom. The second kappa shape index (κ2) is 3.31. The van der Waals surface area contributed by atoms with E-state index in [1.54, 1.807) is 30.6 Å². The molecule has 2 nitrogen and oxygen atoms in total. The van der Waals surface area contributed by atoms with Crippen LogP contribution in [0.15, 0.2) is 36.7 Å². The van der Waals surface area contributed by atoms with Crippen molar-refractivity contribution in [2.75, 3.05) is 0 Å². The van der Waals surface area contributed by atoms with E-state index in [9.17, 15) is 4.39 Å². The maximum absolute atomic E-state index is 12.7. The molecule has 0 saturated carbocycles. The van der Waals surface area contributed by atoms with Gasteiger partial charge >= 0.3 is 0 Å². The van der Waals surface area contributed by atoms with Crippen molar-refractivity contribution in [2.45, 2.75) is 0 Å². The molecule has 1 aromatic carbocycles. The SMILES string of the molecule is Fc1[c]c(-c2ncccn2)ccc1. The molecule has 63 valence electrons. The molecule has 2 aromatic rings. The topological polar surface area (TPSA) is 25.8 Å². The molecule has 1 aromatic heterocycles. The minimum atomic E-state index is -0.398. The lowest BCUT2D eigenvalue weighted by molar-refractivity contribution is 0.626. The van der Waals surface area contributed by atoms with E-state index >= 15 is 0 Å². The van der Waals surface area contributed by atoms with Crippen molar-refractivity contribution in [3.63, 3.8) is 0 Å². The van der Waals surface area contributed by atoms with Crippen LogP contribution in [0.4, 0.5) is 4.39 Å². The number of hydrogen-bond donors (Lipinski definition) is 0. The summed E-state index contributed by atoms with van der Waals surface area (Å²) in [5.41, 5.74) is 0.570. The summed E-state index contributed by atoms with van der Waals surface area (Å²) >= 11 is 0. The number of halogens is 1. The molecule has 0 aliphatic carbocycles. The Morgan fingerprint density at radius 1 is 1.08 bits per heavy atom. The van der Waals surface area contributed by atoms with Crippen LogP contribution in [0.2, 0.25) is 0 Å². The van der Waals surface area contributed by atoms with E-state index in [1.165, 1.54) is 6.07 Å². The molecular weight excluding hydrogens is 167 g/mol. The standard InChI is InChI=1S/C10H6FN2/c11-9-4-1-3-8(7-9)10-12-5-2-6-13-10/h1-6H. The number of hydrogen-bond acceptors (Lipinski definition) is 2. The molecule has 1 heterocycles. The first-order valence-corrected chi connectivity index (χ1v) is 3.81. The van der Waals surface area contributed by atoms with Crippen molar-refractivity contribution in [2.24, 2.45) is 0 Å². The predicted octanol–water partition coefficient (Wildman–Crippen LogP) is 2.08. The zero-order valence-corrected chi connectivity index (χ0v) is 6.74. The third-order valence-corrected chi connectivity index (χ3v) is 1.57. The van der Waals surface area contributed by atoms with Crippen molar-refractivity contribution in [1.82, 2.24) is 9.97 Å². The van der Waals surface area contributed by atoms with Crippen molar-refractivity contribution < 1.29 is 4.39 Å². The van der Waals surface area contributed by atoms with Gasteiger partial charge < -0.3 is 0 Å². The summed E-state index contributed by atoms with van der Waals surface area (Å²) < 4.78 is 12.7. The number of nitrogens with zero attached hydrogens (tertiary/aromatic N) is 2. The number of rotatable bonds is 1. The maximum atomic E-state index is 12.7. The van der Waals surface area contributed by atoms with Crippen LogP contribution in [0.25, 0.3) is 11.4 Å². The lowest BCUT2D eigenvalue weighted by Gasteiger charge is -1.96. The van der Waals surface area contributed by atoms with E-state index in [-0.39, 0.29) is 0 Å². The zero-order valence-electron chi connectivity index (χ0n) is 6.74. The van der Waals surface area contributed by atoms with Gasteiger partial charge in [-0.15, -0.1) is 0 Å². The fraction of sp³-hybridized carbons (Fsp3) is 0. The summed E-state index contributed by atoms with van der Waals surface area (Å²) in [6.07, 6.45) is 3.22. The van der Waals surface area contributed by atoms with E-state index in [0.29, 0.717) is 11.4 Å². The Morgan fingerprint density at radius 3 is 2.54 bits per heavy atom. The number of aromatic nitrogens is 2. The van der Waals surface area contributed by atoms with Gasteiger partial charge in [0.25, 0.3) is 0 Å². The largest absolute Gasteiger partial charge is 0.237 e. The highest BCUT2D eigenvalue weighted by Crippen LogP contribution is 2.13. The molecule has 0 amide bonds. The second-order valence-corrected chi connectivity index (χ2v) is 2.48. The number of benzene rings is 1. The fourth-order valence-electron chi connectivity index (χ4n) is 1.01. The van der Waals surface area contributed by atoms with Gasteiger partial charge in [0.05, 0.1) is 0 Å². The first kappa shape index (κ1) is 7.86. The molecule has 0 aliphatic heterocycles. The van der Waals surface area contributed by atoms with Crippen molar-refractivity contribution in [3.05, 3.63) is 48.5 Å². The van der Waals surface area contributed by atoms with Gasteiger partial charge in [-0.3, -0.25) is 0 Å². The summed E-state index contributed by atoms with van der Waals surface area (Å²) in [6.45, 7) is 0. The van der Waals surface area contributed by atoms with Crippen molar-refractivity contribution >= 4 is 0 Å². The van der Waals surface area contributed by atoms with Gasteiger partial charge in [-0.05, 0) is 12.1 Å². The van der Waals surface area contributed by atoms with Crippen LogP contribution < -0.4 is 0 Å². The van der Waals surface area contributed by atoms with Gasteiger partial charge in [0, 0.05) is 24.0 Å². The van der Waals surface area contributed by atoms with Crippen molar-refractivity contribution in [1.29, 1.82) is 0 Å². The summed E-state index contributed by atoms with van der Waals surface area (Å²) in [4.78, 5) is 7.96. The lowest BCUT2D eigenvalue weighted by atomic mass is 10.2. The Kier molecular flexibility index (Phi) is 2.00. The van der Waals surface area contributed by atoms with E-state index in [0.717, 1.165) is 0 Å². The predicted molar refractivity (Wildman–Crippen MR) is 46.3 cm³/mol. The normalized spacial score (nSPS) is 9.92. The van der Waals surface area contributed by atoms with Crippen LogP contribution in [0.3, 0.4) is 0 Å². The molecule has 0 bridgehead atoms. The van der Waals surface area contributed by atoms with Gasteiger partial charge in [0.15, 0.2) is 5.82 Å². The molecule has 0 atom stereocenters. The molecule has 0 unspecified atom stereocenters. The van der Waals surface area contributed by atoms with Crippen molar-refractivity contribution in [3.8, 4) is 11.4 Å². The molecule has 0 N–H and O–H groups in total. The quantitative estimate of drug-likeness (QED) is 0.659. The van der Waals surface area contributed by atoms with Crippen LogP contribution in [-0.2, 0) is 0 Å². The van der Waals surface area contributed by atoms with Crippen LogP contribution in [0.1, 0.15) is 0 Å². The van der Waals surface area contributed by atoms with Gasteiger partial charge in [0.1, 0.15) is 5.82 Å². The molecule has 1 radical (unpaired) electrons. The van der Waals surface area contributed by atoms with Crippen LogP contribution in [0.5, 0.6) is 0 Å². The van der Waals surface area contributed by atoms with Gasteiger partial charge in [-0.25, -0.2) is 14.4 Å². The summed E-state index contributed by atoms with van der Waals surface area (Å²) in [5.74, 6) is 0.0898. The molecule has 13 heavy (non-hydrogen) atoms. The fourth-order valence-corrected chi connectivity index (χ4v) is 1.01. The summed E-state index contributed by atoms with van der Waals surface area (Å²) in [6, 6.07) is 8.91. The first-order valence-electron chi connectivity index (χ1n) is 3.81. The van der Waals surface area contributed by atoms with Crippen LogP contribution >= 0.6 is 0 Å². The maximum Gasteiger partial charge on any atom is 0.159 e. The van der Waals surface area contributed by atoms with Gasteiger partial charge in [0.2, 0.25) is 0 Å². The Balaban J connectivity index is 2.48. The van der Waals surface area contributed by atoms with E-state index in [1.807, 2.05) is 0 Å². The molecule has 2 rings (SSSR count). The molecular formula is C10H6FN2. The van der Waals surface area contributed by atoms with E-state index in [4.69, 9.17) is 0 Å². The Bertz CT molecular complexity index is 401. The minimum Gasteiger partial charge on any atom is -0.237 e. The third-order valence-electron chi connectivity index (χ3n) is 1.57. The molecule has 0 fully saturated rings. The third kappa shape index (κ3) is 1.69. The average molecular weight is 173 g/mol.